The summed E-state index contributed by atoms with van der Waals surface area (Å²) in [7, 11) is 0. The Labute approximate surface area is 193 Å². The van der Waals surface area contributed by atoms with Gasteiger partial charge in [-0.1, -0.05) is 87.1 Å². The monoisotopic (exact) mass is 504 g/mol. The third kappa shape index (κ3) is 13.5. The second-order valence-electron chi connectivity index (χ2n) is 7.76. The summed E-state index contributed by atoms with van der Waals surface area (Å²) in [5, 5.41) is 0. The molecular formula is C24H35BrF2O4. The first kappa shape index (κ1) is 27.5. The van der Waals surface area contributed by atoms with E-state index in [1.807, 2.05) is 0 Å². The van der Waals surface area contributed by atoms with E-state index < -0.39 is 30.2 Å². The van der Waals surface area contributed by atoms with Crippen molar-refractivity contribution < 1.29 is 27.8 Å². The second kappa shape index (κ2) is 17.1. The highest BCUT2D eigenvalue weighted by molar-refractivity contribution is 9.10. The van der Waals surface area contributed by atoms with Crippen molar-refractivity contribution in [1.29, 1.82) is 0 Å². The van der Waals surface area contributed by atoms with E-state index in [9.17, 15) is 18.4 Å². The molecule has 0 N–H and O–H groups in total. The lowest BCUT2D eigenvalue weighted by Gasteiger charge is -2.08. The SMILES string of the molecule is CCCCCCCCCCCCCOC(=O)CCC(=O)OCc1c(F)cc(Br)cc1F. The molecule has 0 aliphatic rings. The Kier molecular flexibility index (Phi) is 15.2. The molecule has 0 heterocycles. The Morgan fingerprint density at radius 1 is 0.774 bits per heavy atom. The van der Waals surface area contributed by atoms with E-state index in [4.69, 9.17) is 9.47 Å². The van der Waals surface area contributed by atoms with Gasteiger partial charge in [-0.25, -0.2) is 8.78 Å². The highest BCUT2D eigenvalue weighted by Crippen LogP contribution is 2.20. The van der Waals surface area contributed by atoms with Gasteiger partial charge in [-0.05, 0) is 18.6 Å². The van der Waals surface area contributed by atoms with Crippen molar-refractivity contribution in [2.45, 2.75) is 97.0 Å². The van der Waals surface area contributed by atoms with Crippen LogP contribution in [0.1, 0.15) is 96.0 Å². The third-order valence-corrected chi connectivity index (χ3v) is 5.49. The van der Waals surface area contributed by atoms with Crippen molar-refractivity contribution in [2.24, 2.45) is 0 Å². The van der Waals surface area contributed by atoms with E-state index in [0.29, 0.717) is 6.61 Å². The van der Waals surface area contributed by atoms with E-state index >= 15 is 0 Å². The van der Waals surface area contributed by atoms with Gasteiger partial charge >= 0.3 is 11.9 Å². The average molecular weight is 505 g/mol. The number of carbonyl (C=O) groups excluding carboxylic acids is 2. The normalized spacial score (nSPS) is 10.8. The number of unbranched alkanes of at least 4 members (excludes halogenated alkanes) is 10. The van der Waals surface area contributed by atoms with E-state index in [1.54, 1.807) is 0 Å². The minimum Gasteiger partial charge on any atom is -0.466 e. The van der Waals surface area contributed by atoms with Crippen LogP contribution < -0.4 is 0 Å². The van der Waals surface area contributed by atoms with Crippen molar-refractivity contribution in [3.05, 3.63) is 33.8 Å². The van der Waals surface area contributed by atoms with Gasteiger partial charge in [0.05, 0.1) is 25.0 Å². The smallest absolute Gasteiger partial charge is 0.306 e. The second-order valence-corrected chi connectivity index (χ2v) is 8.68. The quantitative estimate of drug-likeness (QED) is 0.164. The van der Waals surface area contributed by atoms with Crippen molar-refractivity contribution in [1.82, 2.24) is 0 Å². The van der Waals surface area contributed by atoms with E-state index in [-0.39, 0.29) is 22.9 Å². The minimum atomic E-state index is -0.800. The fourth-order valence-corrected chi connectivity index (χ4v) is 3.57. The lowest BCUT2D eigenvalue weighted by molar-refractivity contribution is -0.151. The maximum absolute atomic E-state index is 13.7. The Morgan fingerprint density at radius 3 is 1.74 bits per heavy atom. The summed E-state index contributed by atoms with van der Waals surface area (Å²) in [6.07, 6.45) is 13.1. The van der Waals surface area contributed by atoms with Crippen LogP contribution in [0.25, 0.3) is 0 Å². The number of esters is 2. The van der Waals surface area contributed by atoms with Crippen LogP contribution in [0.5, 0.6) is 0 Å². The van der Waals surface area contributed by atoms with Crippen LogP contribution in [0.15, 0.2) is 16.6 Å². The van der Waals surface area contributed by atoms with Crippen molar-refractivity contribution in [2.75, 3.05) is 6.61 Å². The van der Waals surface area contributed by atoms with E-state index in [2.05, 4.69) is 22.9 Å². The fourth-order valence-electron chi connectivity index (χ4n) is 3.16. The predicted octanol–water partition coefficient (Wildman–Crippen LogP) is 7.40. The minimum absolute atomic E-state index is 0.109. The zero-order chi connectivity index (χ0) is 22.9. The molecule has 0 saturated heterocycles. The Morgan fingerprint density at radius 2 is 1.23 bits per heavy atom. The first-order valence-electron chi connectivity index (χ1n) is 11.4. The fraction of sp³-hybridized carbons (Fsp3) is 0.667. The van der Waals surface area contributed by atoms with Gasteiger partial charge in [-0.3, -0.25) is 9.59 Å². The number of carbonyl (C=O) groups is 2. The molecule has 0 radical (unpaired) electrons. The van der Waals surface area contributed by atoms with E-state index in [0.717, 1.165) is 31.4 Å². The zero-order valence-corrected chi connectivity index (χ0v) is 20.1. The maximum Gasteiger partial charge on any atom is 0.306 e. The van der Waals surface area contributed by atoms with Crippen LogP contribution in [0.3, 0.4) is 0 Å². The summed E-state index contributed by atoms with van der Waals surface area (Å²) >= 11 is 2.98. The molecule has 1 aromatic carbocycles. The maximum atomic E-state index is 13.7. The van der Waals surface area contributed by atoms with Gasteiger partial charge in [0.25, 0.3) is 0 Å². The molecule has 0 spiro atoms. The molecule has 7 heteroatoms. The number of rotatable bonds is 17. The van der Waals surface area contributed by atoms with Gasteiger partial charge < -0.3 is 9.47 Å². The Hall–Kier alpha value is -1.50. The molecule has 0 aliphatic carbocycles. The number of benzene rings is 1. The third-order valence-electron chi connectivity index (χ3n) is 5.03. The van der Waals surface area contributed by atoms with Crippen LogP contribution in [0, 0.1) is 11.6 Å². The lowest BCUT2D eigenvalue weighted by Crippen LogP contribution is -2.12. The summed E-state index contributed by atoms with van der Waals surface area (Å²) in [5.74, 6) is -2.77. The molecule has 176 valence electrons. The Balaban J connectivity index is 2.00. The molecule has 0 aromatic heterocycles. The van der Waals surface area contributed by atoms with Crippen LogP contribution in [0.2, 0.25) is 0 Å². The zero-order valence-electron chi connectivity index (χ0n) is 18.5. The van der Waals surface area contributed by atoms with Gasteiger partial charge in [0, 0.05) is 4.47 Å². The molecule has 0 atom stereocenters. The largest absolute Gasteiger partial charge is 0.466 e. The molecule has 0 bridgehead atoms. The molecule has 1 rings (SSSR count). The highest BCUT2D eigenvalue weighted by atomic mass is 79.9. The van der Waals surface area contributed by atoms with E-state index in [1.165, 1.54) is 51.4 Å². The molecule has 0 fully saturated rings. The summed E-state index contributed by atoms with van der Waals surface area (Å²) < 4.78 is 37.6. The number of hydrogen-bond acceptors (Lipinski definition) is 4. The average Bonchev–Trinajstić information content (AvgIpc) is 2.72. The summed E-state index contributed by atoms with van der Waals surface area (Å²) in [6.45, 7) is 2.06. The molecule has 0 aliphatic heterocycles. The highest BCUT2D eigenvalue weighted by Gasteiger charge is 2.14. The predicted molar refractivity (Wildman–Crippen MR) is 121 cm³/mol. The topological polar surface area (TPSA) is 52.6 Å². The van der Waals surface area contributed by atoms with Crippen LogP contribution in [-0.4, -0.2) is 18.5 Å². The number of halogens is 3. The summed E-state index contributed by atoms with van der Waals surface area (Å²) in [4.78, 5) is 23.4. The van der Waals surface area contributed by atoms with Crippen LogP contribution in [-0.2, 0) is 25.7 Å². The van der Waals surface area contributed by atoms with Gasteiger partial charge in [0.15, 0.2) is 0 Å². The number of ether oxygens (including phenoxy) is 2. The van der Waals surface area contributed by atoms with Crippen molar-refractivity contribution in [3.63, 3.8) is 0 Å². The van der Waals surface area contributed by atoms with Gasteiger partial charge in [-0.2, -0.15) is 0 Å². The number of hydrogen-bond donors (Lipinski definition) is 0. The van der Waals surface area contributed by atoms with Crippen LogP contribution in [0.4, 0.5) is 8.78 Å². The standard InChI is InChI=1S/C24H35BrF2O4/c1-2-3-4-5-6-7-8-9-10-11-12-15-30-23(28)13-14-24(29)31-18-20-21(26)16-19(25)17-22(20)27/h16-17H,2-15,18H2,1H3. The van der Waals surface area contributed by atoms with Crippen molar-refractivity contribution in [3.8, 4) is 0 Å². The molecule has 0 amide bonds. The molecule has 4 nitrogen and oxygen atoms in total. The van der Waals surface area contributed by atoms with Gasteiger partial charge in [0.2, 0.25) is 0 Å². The summed E-state index contributed by atoms with van der Waals surface area (Å²) in [6, 6.07) is 2.19. The molecule has 0 saturated carbocycles. The summed E-state index contributed by atoms with van der Waals surface area (Å²) in [5.41, 5.74) is -0.324. The van der Waals surface area contributed by atoms with Crippen LogP contribution >= 0.6 is 15.9 Å². The first-order valence-corrected chi connectivity index (χ1v) is 12.2. The van der Waals surface area contributed by atoms with Gasteiger partial charge in [0.1, 0.15) is 18.2 Å². The molecule has 0 unspecified atom stereocenters. The Bertz CT molecular complexity index is 644. The lowest BCUT2D eigenvalue weighted by atomic mass is 10.1. The molecule has 1 aromatic rings. The molecule has 31 heavy (non-hydrogen) atoms. The van der Waals surface area contributed by atoms with Gasteiger partial charge in [-0.15, -0.1) is 0 Å². The molecular weight excluding hydrogens is 470 g/mol. The first-order chi connectivity index (χ1) is 14.9. The van der Waals surface area contributed by atoms with Crippen molar-refractivity contribution >= 4 is 27.9 Å².